The molecule has 1 N–H and O–H groups in total. The molecule has 0 fully saturated rings. The molecule has 0 bridgehead atoms. The lowest BCUT2D eigenvalue weighted by Gasteiger charge is -2.35. The van der Waals surface area contributed by atoms with Crippen LogP contribution in [-0.2, 0) is 0 Å². The molecular weight excluding hydrogens is 248 g/mol. The van der Waals surface area contributed by atoms with Crippen molar-refractivity contribution < 1.29 is 4.74 Å². The molecule has 0 aliphatic carbocycles. The summed E-state index contributed by atoms with van der Waals surface area (Å²) in [7, 11) is 3.90. The van der Waals surface area contributed by atoms with Crippen molar-refractivity contribution in [1.29, 1.82) is 0 Å². The van der Waals surface area contributed by atoms with Gasteiger partial charge in [0, 0.05) is 18.1 Å². The van der Waals surface area contributed by atoms with Crippen LogP contribution in [0.1, 0.15) is 45.7 Å². The minimum Gasteiger partial charge on any atom is -0.497 e. The number of benzene rings is 1. The summed E-state index contributed by atoms with van der Waals surface area (Å²) in [5.74, 6) is 0.910. The van der Waals surface area contributed by atoms with E-state index in [4.69, 9.17) is 4.74 Å². The summed E-state index contributed by atoms with van der Waals surface area (Å²) in [6.45, 7) is 10.0. The molecule has 0 spiro atoms. The minimum absolute atomic E-state index is 0.341. The molecule has 3 heteroatoms. The van der Waals surface area contributed by atoms with E-state index in [1.54, 1.807) is 7.11 Å². The van der Waals surface area contributed by atoms with E-state index in [1.165, 1.54) is 5.56 Å². The third kappa shape index (κ3) is 4.50. The highest BCUT2D eigenvalue weighted by Crippen LogP contribution is 2.23. The van der Waals surface area contributed by atoms with Gasteiger partial charge in [0.1, 0.15) is 5.75 Å². The molecule has 20 heavy (non-hydrogen) atoms. The lowest BCUT2D eigenvalue weighted by Crippen LogP contribution is -2.44. The van der Waals surface area contributed by atoms with E-state index in [-0.39, 0.29) is 0 Å². The van der Waals surface area contributed by atoms with Crippen LogP contribution in [0, 0.1) is 0 Å². The lowest BCUT2D eigenvalue weighted by molar-refractivity contribution is 0.168. The van der Waals surface area contributed by atoms with Crippen molar-refractivity contribution in [2.45, 2.75) is 52.2 Å². The molecule has 0 heterocycles. The summed E-state index contributed by atoms with van der Waals surface area (Å²) >= 11 is 0. The first kappa shape index (κ1) is 17.0. The Labute approximate surface area is 124 Å². The minimum atomic E-state index is 0.341. The molecule has 0 aliphatic rings. The Hall–Kier alpha value is -1.06. The van der Waals surface area contributed by atoms with Gasteiger partial charge in [0.15, 0.2) is 0 Å². The molecule has 0 saturated carbocycles. The van der Waals surface area contributed by atoms with E-state index in [2.05, 4.69) is 57.1 Å². The van der Waals surface area contributed by atoms with Gasteiger partial charge in [-0.1, -0.05) is 19.1 Å². The van der Waals surface area contributed by atoms with E-state index >= 15 is 0 Å². The zero-order chi connectivity index (χ0) is 15.1. The van der Waals surface area contributed by atoms with Gasteiger partial charge in [-0.25, -0.2) is 0 Å². The fourth-order valence-electron chi connectivity index (χ4n) is 2.38. The number of rotatable bonds is 8. The molecule has 2 atom stereocenters. The molecule has 0 radical (unpaired) electrons. The van der Waals surface area contributed by atoms with Crippen molar-refractivity contribution in [3.63, 3.8) is 0 Å². The van der Waals surface area contributed by atoms with Gasteiger partial charge in [0.05, 0.1) is 7.11 Å². The van der Waals surface area contributed by atoms with E-state index in [1.807, 2.05) is 12.1 Å². The number of hydrogen-bond acceptors (Lipinski definition) is 3. The summed E-state index contributed by atoms with van der Waals surface area (Å²) in [4.78, 5) is 2.41. The summed E-state index contributed by atoms with van der Waals surface area (Å²) in [5.41, 5.74) is 1.32. The van der Waals surface area contributed by atoms with Crippen LogP contribution in [0.4, 0.5) is 0 Å². The Morgan fingerprint density at radius 1 is 1.15 bits per heavy atom. The molecule has 1 aromatic carbocycles. The first-order chi connectivity index (χ1) is 9.51. The van der Waals surface area contributed by atoms with Crippen LogP contribution in [0.5, 0.6) is 5.75 Å². The normalized spacial score (nSPS) is 14.6. The Morgan fingerprint density at radius 3 is 2.20 bits per heavy atom. The van der Waals surface area contributed by atoms with Crippen molar-refractivity contribution in [3.8, 4) is 5.75 Å². The number of ether oxygens (including phenoxy) is 1. The molecule has 0 aromatic heterocycles. The maximum atomic E-state index is 5.25. The third-order valence-corrected chi connectivity index (χ3v) is 4.03. The summed E-state index contributed by atoms with van der Waals surface area (Å²) < 4.78 is 5.25. The second-order valence-electron chi connectivity index (χ2n) is 5.70. The second kappa shape index (κ2) is 8.28. The summed E-state index contributed by atoms with van der Waals surface area (Å²) in [6, 6.07) is 9.72. The van der Waals surface area contributed by atoms with Gasteiger partial charge in [0.2, 0.25) is 0 Å². The molecule has 1 aromatic rings. The average Bonchev–Trinajstić information content (AvgIpc) is 2.47. The lowest BCUT2D eigenvalue weighted by atomic mass is 9.98. The van der Waals surface area contributed by atoms with Crippen LogP contribution in [0.15, 0.2) is 24.3 Å². The Bertz CT molecular complexity index is 375. The van der Waals surface area contributed by atoms with Crippen LogP contribution in [0.3, 0.4) is 0 Å². The van der Waals surface area contributed by atoms with E-state index < -0.39 is 0 Å². The van der Waals surface area contributed by atoms with Gasteiger partial charge in [-0.3, -0.25) is 4.90 Å². The van der Waals surface area contributed by atoms with Gasteiger partial charge in [0.25, 0.3) is 0 Å². The Morgan fingerprint density at radius 2 is 1.75 bits per heavy atom. The molecule has 0 saturated heterocycles. The highest BCUT2D eigenvalue weighted by Gasteiger charge is 2.23. The van der Waals surface area contributed by atoms with Crippen molar-refractivity contribution in [3.05, 3.63) is 29.8 Å². The fourth-order valence-corrected chi connectivity index (χ4v) is 2.38. The molecule has 3 nitrogen and oxygen atoms in total. The van der Waals surface area contributed by atoms with E-state index in [0.29, 0.717) is 18.1 Å². The Kier molecular flexibility index (Phi) is 7.03. The average molecular weight is 278 g/mol. The second-order valence-corrected chi connectivity index (χ2v) is 5.70. The Balaban J connectivity index is 2.91. The predicted molar refractivity (Wildman–Crippen MR) is 86.4 cm³/mol. The maximum absolute atomic E-state index is 5.25. The van der Waals surface area contributed by atoms with Crippen molar-refractivity contribution in [2.75, 3.05) is 20.7 Å². The smallest absolute Gasteiger partial charge is 0.118 e. The molecular formula is C17H30N2O. The summed E-state index contributed by atoms with van der Waals surface area (Å²) in [5, 5.41) is 3.68. The standard InChI is InChI=1S/C17H30N2O/c1-7-12-18-17(14(4)19(5)13(2)3)15-8-10-16(20-6)11-9-15/h8-11,13-14,17-18H,7,12H2,1-6H3. The van der Waals surface area contributed by atoms with Crippen molar-refractivity contribution in [1.82, 2.24) is 10.2 Å². The van der Waals surface area contributed by atoms with Gasteiger partial charge in [-0.05, 0) is 58.5 Å². The molecule has 114 valence electrons. The number of likely N-dealkylation sites (N-methyl/N-ethyl adjacent to an activating group) is 1. The number of methoxy groups -OCH3 is 1. The van der Waals surface area contributed by atoms with Crippen LogP contribution < -0.4 is 10.1 Å². The van der Waals surface area contributed by atoms with E-state index in [0.717, 1.165) is 18.7 Å². The van der Waals surface area contributed by atoms with Crippen molar-refractivity contribution in [2.24, 2.45) is 0 Å². The fraction of sp³-hybridized carbons (Fsp3) is 0.647. The molecule has 0 aliphatic heterocycles. The SMILES string of the molecule is CCCNC(c1ccc(OC)cc1)C(C)N(C)C(C)C. The number of hydrogen-bond donors (Lipinski definition) is 1. The highest BCUT2D eigenvalue weighted by atomic mass is 16.5. The first-order valence-corrected chi connectivity index (χ1v) is 7.60. The predicted octanol–water partition coefficient (Wildman–Crippen LogP) is 3.46. The van der Waals surface area contributed by atoms with Gasteiger partial charge in [-0.15, -0.1) is 0 Å². The van der Waals surface area contributed by atoms with Crippen LogP contribution in [0.2, 0.25) is 0 Å². The monoisotopic (exact) mass is 278 g/mol. The van der Waals surface area contributed by atoms with Crippen LogP contribution in [0.25, 0.3) is 0 Å². The molecule has 0 amide bonds. The highest BCUT2D eigenvalue weighted by molar-refractivity contribution is 5.29. The van der Waals surface area contributed by atoms with Crippen LogP contribution >= 0.6 is 0 Å². The van der Waals surface area contributed by atoms with Crippen molar-refractivity contribution >= 4 is 0 Å². The zero-order valence-electron chi connectivity index (χ0n) is 13.8. The summed E-state index contributed by atoms with van der Waals surface area (Å²) in [6.07, 6.45) is 1.14. The topological polar surface area (TPSA) is 24.5 Å². The van der Waals surface area contributed by atoms with E-state index in [9.17, 15) is 0 Å². The number of nitrogens with zero attached hydrogens (tertiary/aromatic N) is 1. The third-order valence-electron chi connectivity index (χ3n) is 4.03. The number of nitrogens with one attached hydrogen (secondary N) is 1. The largest absolute Gasteiger partial charge is 0.497 e. The van der Waals surface area contributed by atoms with Gasteiger partial charge < -0.3 is 10.1 Å². The zero-order valence-corrected chi connectivity index (χ0v) is 13.8. The molecule has 1 rings (SSSR count). The first-order valence-electron chi connectivity index (χ1n) is 7.60. The quantitative estimate of drug-likeness (QED) is 0.788. The van der Waals surface area contributed by atoms with Gasteiger partial charge in [-0.2, -0.15) is 0 Å². The maximum Gasteiger partial charge on any atom is 0.118 e. The van der Waals surface area contributed by atoms with Crippen LogP contribution in [-0.4, -0.2) is 37.7 Å². The molecule has 2 unspecified atom stereocenters. The van der Waals surface area contributed by atoms with Gasteiger partial charge >= 0.3 is 0 Å².